The molecule has 1 rings (SSSR count). The third-order valence-electron chi connectivity index (χ3n) is 2.15. The van der Waals surface area contributed by atoms with Crippen molar-refractivity contribution in [1.82, 2.24) is 0 Å². The molecule has 0 radical (unpaired) electrons. The van der Waals surface area contributed by atoms with Crippen LogP contribution in [-0.2, 0) is 4.79 Å². The van der Waals surface area contributed by atoms with Gasteiger partial charge in [0.2, 0.25) is 0 Å². The maximum absolute atomic E-state index is 13.3. The summed E-state index contributed by atoms with van der Waals surface area (Å²) in [5.41, 5.74) is 4.80. The SMILES string of the molecule is CC(=O)CCCOc1ccc(C(N)=O)c(F)c1. The average Bonchev–Trinajstić information content (AvgIpc) is 2.23. The number of amides is 1. The molecule has 0 saturated carbocycles. The number of benzene rings is 1. The van der Waals surface area contributed by atoms with Gasteiger partial charge < -0.3 is 15.3 Å². The van der Waals surface area contributed by atoms with Crippen LogP contribution in [0.25, 0.3) is 0 Å². The van der Waals surface area contributed by atoms with Gasteiger partial charge in [0.25, 0.3) is 5.91 Å². The Labute approximate surface area is 98.6 Å². The standard InChI is InChI=1S/C12H14FNO3/c1-8(15)3-2-6-17-9-4-5-10(12(14)16)11(13)7-9/h4-5,7H,2-3,6H2,1H3,(H2,14,16). The van der Waals surface area contributed by atoms with E-state index >= 15 is 0 Å². The Morgan fingerprint density at radius 1 is 1.41 bits per heavy atom. The Kier molecular flexibility index (Phi) is 4.63. The summed E-state index contributed by atoms with van der Waals surface area (Å²) in [7, 11) is 0. The topological polar surface area (TPSA) is 69.4 Å². The smallest absolute Gasteiger partial charge is 0.251 e. The Bertz CT molecular complexity index is 432. The van der Waals surface area contributed by atoms with Gasteiger partial charge in [0.15, 0.2) is 0 Å². The van der Waals surface area contributed by atoms with Crippen LogP contribution in [0.4, 0.5) is 4.39 Å². The van der Waals surface area contributed by atoms with Gasteiger partial charge in [-0.3, -0.25) is 4.79 Å². The van der Waals surface area contributed by atoms with Crippen LogP contribution in [0.15, 0.2) is 18.2 Å². The normalized spacial score (nSPS) is 10.0. The second-order valence-electron chi connectivity index (χ2n) is 3.66. The van der Waals surface area contributed by atoms with Gasteiger partial charge in [-0.2, -0.15) is 0 Å². The van der Waals surface area contributed by atoms with E-state index in [2.05, 4.69) is 0 Å². The van der Waals surface area contributed by atoms with E-state index in [-0.39, 0.29) is 11.3 Å². The third-order valence-corrected chi connectivity index (χ3v) is 2.15. The maximum Gasteiger partial charge on any atom is 0.251 e. The highest BCUT2D eigenvalue weighted by Gasteiger charge is 2.08. The number of carbonyl (C=O) groups excluding carboxylic acids is 2. The quantitative estimate of drug-likeness (QED) is 0.768. The Morgan fingerprint density at radius 2 is 2.12 bits per heavy atom. The maximum atomic E-state index is 13.3. The highest BCUT2D eigenvalue weighted by molar-refractivity contribution is 5.93. The summed E-state index contributed by atoms with van der Waals surface area (Å²) in [5.74, 6) is -1.12. The van der Waals surface area contributed by atoms with Crippen LogP contribution in [0.5, 0.6) is 5.75 Å². The van der Waals surface area contributed by atoms with Crippen molar-refractivity contribution in [2.24, 2.45) is 5.73 Å². The summed E-state index contributed by atoms with van der Waals surface area (Å²) in [6.07, 6.45) is 1.01. The molecule has 0 spiro atoms. The molecule has 0 heterocycles. The summed E-state index contributed by atoms with van der Waals surface area (Å²) in [5, 5.41) is 0. The van der Waals surface area contributed by atoms with Gasteiger partial charge in [0.1, 0.15) is 17.3 Å². The lowest BCUT2D eigenvalue weighted by molar-refractivity contribution is -0.117. The number of hydrogen-bond acceptors (Lipinski definition) is 3. The van der Waals surface area contributed by atoms with Crippen molar-refractivity contribution in [3.8, 4) is 5.75 Å². The van der Waals surface area contributed by atoms with E-state index in [1.807, 2.05) is 0 Å². The zero-order valence-electron chi connectivity index (χ0n) is 9.53. The number of rotatable bonds is 6. The van der Waals surface area contributed by atoms with Gasteiger partial charge in [-0.25, -0.2) is 4.39 Å². The molecule has 1 aromatic carbocycles. The first-order valence-corrected chi connectivity index (χ1v) is 5.22. The molecule has 0 aliphatic heterocycles. The number of hydrogen-bond donors (Lipinski definition) is 1. The molecular formula is C12H14FNO3. The van der Waals surface area contributed by atoms with E-state index < -0.39 is 11.7 Å². The second kappa shape index (κ2) is 5.98. The number of ether oxygens (including phenoxy) is 1. The first kappa shape index (κ1) is 13.2. The molecule has 92 valence electrons. The average molecular weight is 239 g/mol. The van der Waals surface area contributed by atoms with Gasteiger partial charge in [-0.05, 0) is 25.5 Å². The number of carbonyl (C=O) groups is 2. The van der Waals surface area contributed by atoms with Crippen molar-refractivity contribution in [2.75, 3.05) is 6.61 Å². The molecule has 1 aromatic rings. The number of halogens is 1. The molecular weight excluding hydrogens is 225 g/mol. The van der Waals surface area contributed by atoms with Crippen molar-refractivity contribution in [3.63, 3.8) is 0 Å². The summed E-state index contributed by atoms with van der Waals surface area (Å²) < 4.78 is 18.5. The number of ketones is 1. The summed E-state index contributed by atoms with van der Waals surface area (Å²) in [4.78, 5) is 21.4. The fourth-order valence-electron chi connectivity index (χ4n) is 1.30. The monoisotopic (exact) mass is 239 g/mol. The number of Topliss-reactive ketones (excluding diaryl/α,β-unsaturated/α-hetero) is 1. The molecule has 0 fully saturated rings. The van der Waals surface area contributed by atoms with Crippen molar-refractivity contribution in [3.05, 3.63) is 29.6 Å². The molecule has 5 heteroatoms. The fourth-order valence-corrected chi connectivity index (χ4v) is 1.30. The minimum absolute atomic E-state index is 0.0869. The lowest BCUT2D eigenvalue weighted by Gasteiger charge is -2.06. The third kappa shape index (κ3) is 4.22. The van der Waals surface area contributed by atoms with Crippen molar-refractivity contribution in [2.45, 2.75) is 19.8 Å². The fraction of sp³-hybridized carbons (Fsp3) is 0.333. The van der Waals surface area contributed by atoms with Gasteiger partial charge in [-0.1, -0.05) is 0 Å². The number of nitrogens with two attached hydrogens (primary N) is 1. The van der Waals surface area contributed by atoms with Crippen molar-refractivity contribution >= 4 is 11.7 Å². The van der Waals surface area contributed by atoms with E-state index in [1.165, 1.54) is 19.1 Å². The molecule has 17 heavy (non-hydrogen) atoms. The van der Waals surface area contributed by atoms with Gasteiger partial charge in [0, 0.05) is 12.5 Å². The molecule has 0 atom stereocenters. The summed E-state index contributed by atoms with van der Waals surface area (Å²) >= 11 is 0. The predicted molar refractivity (Wildman–Crippen MR) is 60.3 cm³/mol. The van der Waals surface area contributed by atoms with Gasteiger partial charge >= 0.3 is 0 Å². The largest absolute Gasteiger partial charge is 0.493 e. The molecule has 1 amide bonds. The minimum atomic E-state index is -0.814. The van der Waals surface area contributed by atoms with Crippen LogP contribution in [0.2, 0.25) is 0 Å². The van der Waals surface area contributed by atoms with E-state index in [0.29, 0.717) is 25.2 Å². The highest BCUT2D eigenvalue weighted by atomic mass is 19.1. The molecule has 0 aromatic heterocycles. The Hall–Kier alpha value is -1.91. The Morgan fingerprint density at radius 3 is 2.65 bits per heavy atom. The van der Waals surface area contributed by atoms with E-state index in [0.717, 1.165) is 6.07 Å². The lowest BCUT2D eigenvalue weighted by atomic mass is 10.2. The summed E-state index contributed by atoms with van der Waals surface area (Å²) in [6, 6.07) is 3.85. The van der Waals surface area contributed by atoms with Crippen molar-refractivity contribution in [1.29, 1.82) is 0 Å². The number of primary amides is 1. The lowest BCUT2D eigenvalue weighted by Crippen LogP contribution is -2.13. The van der Waals surface area contributed by atoms with Gasteiger partial charge in [0.05, 0.1) is 12.2 Å². The van der Waals surface area contributed by atoms with Crippen LogP contribution in [0.1, 0.15) is 30.1 Å². The summed E-state index contributed by atoms with van der Waals surface area (Å²) in [6.45, 7) is 1.83. The van der Waals surface area contributed by atoms with Crippen LogP contribution in [0.3, 0.4) is 0 Å². The molecule has 0 unspecified atom stereocenters. The van der Waals surface area contributed by atoms with E-state index in [9.17, 15) is 14.0 Å². The predicted octanol–water partition coefficient (Wildman–Crippen LogP) is 1.67. The molecule has 0 saturated heterocycles. The van der Waals surface area contributed by atoms with Crippen LogP contribution in [-0.4, -0.2) is 18.3 Å². The van der Waals surface area contributed by atoms with Crippen molar-refractivity contribution < 1.29 is 18.7 Å². The van der Waals surface area contributed by atoms with E-state index in [1.54, 1.807) is 0 Å². The zero-order valence-corrected chi connectivity index (χ0v) is 9.53. The molecule has 4 nitrogen and oxygen atoms in total. The first-order valence-electron chi connectivity index (χ1n) is 5.22. The van der Waals surface area contributed by atoms with Crippen LogP contribution < -0.4 is 10.5 Å². The molecule has 0 aliphatic carbocycles. The minimum Gasteiger partial charge on any atom is -0.493 e. The van der Waals surface area contributed by atoms with E-state index in [4.69, 9.17) is 10.5 Å². The zero-order chi connectivity index (χ0) is 12.8. The highest BCUT2D eigenvalue weighted by Crippen LogP contribution is 2.16. The van der Waals surface area contributed by atoms with Gasteiger partial charge in [-0.15, -0.1) is 0 Å². The first-order chi connectivity index (χ1) is 8.00. The Balaban J connectivity index is 2.53. The second-order valence-corrected chi connectivity index (χ2v) is 3.66. The van der Waals surface area contributed by atoms with Crippen LogP contribution >= 0.6 is 0 Å². The molecule has 0 aliphatic rings. The molecule has 0 bridgehead atoms. The molecule has 2 N–H and O–H groups in total. The van der Waals surface area contributed by atoms with Crippen LogP contribution in [0, 0.1) is 5.82 Å².